The Morgan fingerprint density at radius 1 is 0.576 bits per heavy atom. The van der Waals surface area contributed by atoms with Gasteiger partial charge < -0.3 is 20.8 Å². The molecule has 6 N–H and O–H groups in total. The Hall–Kier alpha value is -1.58. The summed E-state index contributed by atoms with van der Waals surface area (Å²) in [5, 5.41) is 29.7. The van der Waals surface area contributed by atoms with Crippen LogP contribution in [0, 0.1) is 92.7 Å². The molecule has 0 radical (unpaired) electrons. The Balaban J connectivity index is 0.870. The van der Waals surface area contributed by atoms with E-state index in [0.29, 0.717) is 83.9 Å². The van der Waals surface area contributed by atoms with Gasteiger partial charge in [-0.2, -0.15) is 16.8 Å². The number of hydrogen-bond donors (Lipinski definition) is 6. The SMILES string of the molecule is C[C@H](CCC(=O)NCCS(=O)(=O)O)[C@H]1CC[C@H]2[C@@H]3[C@@H](O)C[C@@H]4C/C(=C5\CC[C@@]6(C)[C@@H](C5)C[C@H](O)[C@@H]5[C@@H]6CC[C@]6(C)[C@@H]([C@H](C)CCC(=O)NCCS(=O)(=O)O)CC[C@@H]56)CC[C@]4(C)[C@H]3CC[C@]12C. The van der Waals surface area contributed by atoms with Gasteiger partial charge in [-0.3, -0.25) is 18.7 Å². The third kappa shape index (κ3) is 9.62. The van der Waals surface area contributed by atoms with Crippen LogP contribution in [0.25, 0.3) is 0 Å². The van der Waals surface area contributed by atoms with Crippen LogP contribution in [0.15, 0.2) is 11.1 Å². The fourth-order valence-corrected chi connectivity index (χ4v) is 19.3. The van der Waals surface area contributed by atoms with E-state index < -0.39 is 31.7 Å². The average Bonchev–Trinajstić information content (AvgIpc) is 3.78. The van der Waals surface area contributed by atoms with Gasteiger partial charge in [-0.15, -0.1) is 0 Å². The van der Waals surface area contributed by atoms with E-state index in [1.807, 2.05) is 0 Å². The number of aliphatic hydroxyl groups excluding tert-OH is 2. The second kappa shape index (κ2) is 18.9. The zero-order valence-corrected chi connectivity index (χ0v) is 42.7. The maximum Gasteiger partial charge on any atom is 0.266 e. The van der Waals surface area contributed by atoms with E-state index in [4.69, 9.17) is 9.11 Å². The second-order valence-electron chi connectivity index (χ2n) is 25.0. The van der Waals surface area contributed by atoms with Crippen LogP contribution in [0.4, 0.5) is 0 Å². The van der Waals surface area contributed by atoms with E-state index in [2.05, 4.69) is 52.2 Å². The molecule has 2 amide bonds. The van der Waals surface area contributed by atoms with Gasteiger partial charge in [0.05, 0.1) is 23.7 Å². The highest BCUT2D eigenvalue weighted by molar-refractivity contribution is 7.86. The lowest BCUT2D eigenvalue weighted by Gasteiger charge is -2.63. The van der Waals surface area contributed by atoms with Gasteiger partial charge in [-0.1, -0.05) is 52.7 Å². The number of allylic oxidation sites excluding steroid dienone is 2. The molecule has 0 spiro atoms. The van der Waals surface area contributed by atoms with E-state index in [9.17, 15) is 36.6 Å². The quantitative estimate of drug-likeness (QED) is 0.0724. The molecule has 0 aromatic heterocycles. The Kier molecular flexibility index (Phi) is 14.5. The van der Waals surface area contributed by atoms with Crippen LogP contribution in [0.1, 0.15) is 170 Å². The molecule has 12 nitrogen and oxygen atoms in total. The molecule has 8 aliphatic carbocycles. The minimum atomic E-state index is -4.11. The molecule has 0 aromatic rings. The molecule has 8 saturated carbocycles. The van der Waals surface area contributed by atoms with Crippen molar-refractivity contribution >= 4 is 32.1 Å². The predicted octanol–water partition coefficient (Wildman–Crippen LogP) is 8.38. The molecular formula is C52H86N2O10S2. The smallest absolute Gasteiger partial charge is 0.266 e. The van der Waals surface area contributed by atoms with Gasteiger partial charge >= 0.3 is 0 Å². The van der Waals surface area contributed by atoms with Crippen molar-refractivity contribution in [3.63, 3.8) is 0 Å². The predicted molar refractivity (Wildman–Crippen MR) is 256 cm³/mol. The summed E-state index contributed by atoms with van der Waals surface area (Å²) < 4.78 is 62.3. The van der Waals surface area contributed by atoms with Crippen LogP contribution in [0.5, 0.6) is 0 Å². The molecule has 8 aliphatic rings. The van der Waals surface area contributed by atoms with Gasteiger partial charge in [0.25, 0.3) is 20.2 Å². The summed E-state index contributed by atoms with van der Waals surface area (Å²) in [5.41, 5.74) is 4.07. The first-order chi connectivity index (χ1) is 30.9. The lowest BCUT2D eigenvalue weighted by Crippen LogP contribution is -2.58. The summed E-state index contributed by atoms with van der Waals surface area (Å²) in [4.78, 5) is 25.1. The molecule has 376 valence electrons. The molecule has 8 fully saturated rings. The van der Waals surface area contributed by atoms with Gasteiger partial charge in [-0.25, -0.2) is 0 Å². The number of carbonyl (C=O) groups is 2. The Bertz CT molecular complexity index is 1940. The molecule has 18 atom stereocenters. The molecule has 0 bridgehead atoms. The molecule has 0 saturated heterocycles. The van der Waals surface area contributed by atoms with E-state index in [-0.39, 0.29) is 58.8 Å². The lowest BCUT2D eigenvalue weighted by atomic mass is 9.42. The molecular weight excluding hydrogens is 877 g/mol. The molecule has 0 aromatic carbocycles. The molecule has 66 heavy (non-hydrogen) atoms. The highest BCUT2D eigenvalue weighted by Crippen LogP contribution is 2.71. The average molecular weight is 963 g/mol. The van der Waals surface area contributed by atoms with Crippen molar-refractivity contribution in [1.82, 2.24) is 10.6 Å². The van der Waals surface area contributed by atoms with Crippen LogP contribution >= 0.6 is 0 Å². The molecule has 8 rings (SSSR count). The largest absolute Gasteiger partial charge is 0.393 e. The number of amides is 2. The highest BCUT2D eigenvalue weighted by atomic mass is 32.2. The third-order valence-corrected chi connectivity index (χ3v) is 23.6. The summed E-state index contributed by atoms with van der Waals surface area (Å²) in [5.74, 6) is 4.06. The normalized spacial score (nSPS) is 45.2. The lowest BCUT2D eigenvalue weighted by molar-refractivity contribution is -0.162. The summed E-state index contributed by atoms with van der Waals surface area (Å²) in [6.45, 7) is 14.5. The zero-order chi connectivity index (χ0) is 47.8. The van der Waals surface area contributed by atoms with Crippen molar-refractivity contribution in [2.45, 2.75) is 182 Å². The van der Waals surface area contributed by atoms with Crippen molar-refractivity contribution < 1.29 is 45.7 Å². The van der Waals surface area contributed by atoms with Gasteiger partial charge in [0.1, 0.15) is 0 Å². The number of aliphatic hydroxyl groups is 2. The maximum atomic E-state index is 12.6. The zero-order valence-electron chi connectivity index (χ0n) is 41.1. The van der Waals surface area contributed by atoms with Crippen molar-refractivity contribution in [1.29, 1.82) is 0 Å². The third-order valence-electron chi connectivity index (χ3n) is 22.1. The monoisotopic (exact) mass is 963 g/mol. The minimum absolute atomic E-state index is 0.0779. The topological polar surface area (TPSA) is 207 Å². The number of fused-ring (bicyclic) bond motifs is 10. The summed E-state index contributed by atoms with van der Waals surface area (Å²) >= 11 is 0. The number of carbonyl (C=O) groups excluding carboxylic acids is 2. The fourth-order valence-electron chi connectivity index (χ4n) is 18.6. The van der Waals surface area contributed by atoms with E-state index in [1.165, 1.54) is 38.5 Å². The van der Waals surface area contributed by atoms with Crippen LogP contribution in [-0.2, 0) is 29.8 Å². The molecule has 0 unspecified atom stereocenters. The standard InChI is InChI=1S/C52H86N2O10S2/c1-31(7-13-45(57)53-23-25-65(59,60)61)37-9-11-39-47-41(17-21-51(37,39)5)49(3)19-15-33(27-35(49)29-43(47)55)34-16-20-50(4)36(28-34)30-44(56)48-40-12-10-38(52(40,6)22-18-42(48)50)32(2)8-14-46(58)54-24-26-66(62,63)64/h31-32,35-44,47-48,55-56H,7-30H2,1-6H3,(H,53,57)(H,54,58)(H,59,60,61)(H,62,63,64)/b34-33+/t31-,32-,35+,36+,37-,38-,39+,40+,41+,42+,43+,44+,47+,48+,49+,50+,51-,52-/m1/s1. The van der Waals surface area contributed by atoms with Crippen molar-refractivity contribution in [3.05, 3.63) is 11.1 Å². The first-order valence-electron chi connectivity index (χ1n) is 26.4. The van der Waals surface area contributed by atoms with E-state index in [1.54, 1.807) is 11.1 Å². The molecule has 0 heterocycles. The van der Waals surface area contributed by atoms with Crippen molar-refractivity contribution in [2.24, 2.45) is 92.7 Å². The first kappa shape index (κ1) is 50.8. The fraction of sp³-hybridized carbons (Fsp3) is 0.923. The van der Waals surface area contributed by atoms with E-state index in [0.717, 1.165) is 77.0 Å². The summed E-state index contributed by atoms with van der Waals surface area (Å²) in [6, 6.07) is 0. The highest BCUT2D eigenvalue weighted by Gasteiger charge is 2.65. The summed E-state index contributed by atoms with van der Waals surface area (Å²) in [6.07, 6.45) is 19.6. The number of nitrogens with one attached hydrogen (secondary N) is 2. The van der Waals surface area contributed by atoms with Crippen molar-refractivity contribution in [2.75, 3.05) is 24.6 Å². The van der Waals surface area contributed by atoms with Gasteiger partial charge in [0, 0.05) is 25.9 Å². The van der Waals surface area contributed by atoms with E-state index >= 15 is 0 Å². The van der Waals surface area contributed by atoms with Gasteiger partial charge in [0.15, 0.2) is 0 Å². The minimum Gasteiger partial charge on any atom is -0.393 e. The number of hydrogen-bond acceptors (Lipinski definition) is 8. The van der Waals surface area contributed by atoms with Gasteiger partial charge in [-0.05, 0) is 208 Å². The molecule has 14 heteroatoms. The Morgan fingerprint density at radius 3 is 1.30 bits per heavy atom. The first-order valence-corrected chi connectivity index (χ1v) is 29.6. The second-order valence-corrected chi connectivity index (χ2v) is 28.1. The maximum absolute atomic E-state index is 12.6. The Morgan fingerprint density at radius 2 is 0.939 bits per heavy atom. The van der Waals surface area contributed by atoms with Crippen molar-refractivity contribution in [3.8, 4) is 0 Å². The Labute approximate surface area is 397 Å². The van der Waals surface area contributed by atoms with Gasteiger partial charge in [0.2, 0.25) is 11.8 Å². The van der Waals surface area contributed by atoms with Crippen LogP contribution < -0.4 is 10.6 Å². The number of rotatable bonds is 14. The van der Waals surface area contributed by atoms with Crippen LogP contribution in [0.3, 0.4) is 0 Å². The van der Waals surface area contributed by atoms with Crippen LogP contribution in [0.2, 0.25) is 0 Å². The molecule has 0 aliphatic heterocycles. The summed E-state index contributed by atoms with van der Waals surface area (Å²) in [7, 11) is -8.21. The van der Waals surface area contributed by atoms with Crippen LogP contribution in [-0.4, -0.2) is 84.8 Å².